The van der Waals surface area contributed by atoms with Crippen LogP contribution < -0.4 is 0 Å². The van der Waals surface area contributed by atoms with E-state index in [2.05, 4.69) is 4.90 Å². The quantitative estimate of drug-likeness (QED) is 0.900. The van der Waals surface area contributed by atoms with Crippen LogP contribution in [0.3, 0.4) is 0 Å². The molecular formula is C18H22F3NO2. The number of carboxylic acids is 1. The Bertz CT molecular complexity index is 614. The Morgan fingerprint density at radius 3 is 2.58 bits per heavy atom. The van der Waals surface area contributed by atoms with Gasteiger partial charge in [-0.15, -0.1) is 0 Å². The minimum Gasteiger partial charge on any atom is -0.481 e. The molecule has 2 aliphatic rings. The second-order valence-corrected chi connectivity index (χ2v) is 7.27. The van der Waals surface area contributed by atoms with Crippen LogP contribution in [0.4, 0.5) is 13.2 Å². The van der Waals surface area contributed by atoms with Gasteiger partial charge in [-0.2, -0.15) is 13.2 Å². The van der Waals surface area contributed by atoms with Gasteiger partial charge in [0.1, 0.15) is 0 Å². The standard InChI is InChI=1S/C18H22F3NO2/c1-12(13-4-6-14(7-5-13)18(19,20)21)9-22-10-15-3-2-8-17(15,11-22)16(23)24/h4-7,12,15H,2-3,8-11H2,1H3,(H,23,24)/t12?,15-,17+/m0/s1. The first-order valence-corrected chi connectivity index (χ1v) is 8.35. The van der Waals surface area contributed by atoms with Crippen LogP contribution in [0.2, 0.25) is 0 Å². The van der Waals surface area contributed by atoms with Crippen LogP contribution in [0.25, 0.3) is 0 Å². The molecule has 1 aromatic rings. The smallest absolute Gasteiger partial charge is 0.416 e. The highest BCUT2D eigenvalue weighted by atomic mass is 19.4. The molecule has 1 aliphatic carbocycles. The van der Waals surface area contributed by atoms with E-state index < -0.39 is 23.1 Å². The Balaban J connectivity index is 1.66. The Hall–Kier alpha value is -1.56. The van der Waals surface area contributed by atoms with Gasteiger partial charge in [0, 0.05) is 19.6 Å². The summed E-state index contributed by atoms with van der Waals surface area (Å²) in [6.07, 6.45) is -1.66. The van der Waals surface area contributed by atoms with Gasteiger partial charge in [0.25, 0.3) is 0 Å². The number of hydrogen-bond acceptors (Lipinski definition) is 2. The Labute approximate surface area is 139 Å². The molecule has 0 radical (unpaired) electrons. The topological polar surface area (TPSA) is 40.5 Å². The lowest BCUT2D eigenvalue weighted by molar-refractivity contribution is -0.149. The van der Waals surface area contributed by atoms with E-state index in [0.29, 0.717) is 13.1 Å². The molecule has 24 heavy (non-hydrogen) atoms. The van der Waals surface area contributed by atoms with E-state index in [9.17, 15) is 23.1 Å². The summed E-state index contributed by atoms with van der Waals surface area (Å²) >= 11 is 0. The molecule has 0 bridgehead atoms. The molecule has 3 nitrogen and oxygen atoms in total. The van der Waals surface area contributed by atoms with Gasteiger partial charge in [0.05, 0.1) is 11.0 Å². The molecule has 1 aliphatic heterocycles. The van der Waals surface area contributed by atoms with Crippen molar-refractivity contribution in [3.05, 3.63) is 35.4 Å². The van der Waals surface area contributed by atoms with Crippen molar-refractivity contribution in [1.82, 2.24) is 4.90 Å². The highest BCUT2D eigenvalue weighted by Crippen LogP contribution is 2.49. The molecule has 1 heterocycles. The summed E-state index contributed by atoms with van der Waals surface area (Å²) in [5, 5.41) is 9.62. The number of benzene rings is 1. The van der Waals surface area contributed by atoms with Crippen molar-refractivity contribution in [1.29, 1.82) is 0 Å². The highest BCUT2D eigenvalue weighted by molar-refractivity contribution is 5.76. The van der Waals surface area contributed by atoms with Crippen molar-refractivity contribution in [3.8, 4) is 0 Å². The van der Waals surface area contributed by atoms with Gasteiger partial charge in [0.2, 0.25) is 0 Å². The van der Waals surface area contributed by atoms with E-state index >= 15 is 0 Å². The zero-order chi connectivity index (χ0) is 17.5. The molecule has 0 aromatic heterocycles. The van der Waals surface area contributed by atoms with E-state index in [1.54, 1.807) is 0 Å². The number of carbonyl (C=O) groups is 1. The van der Waals surface area contributed by atoms with Gasteiger partial charge in [-0.25, -0.2) is 0 Å². The van der Waals surface area contributed by atoms with E-state index in [0.717, 1.165) is 43.5 Å². The molecular weight excluding hydrogens is 319 g/mol. The molecule has 0 spiro atoms. The number of halogens is 3. The first-order valence-electron chi connectivity index (χ1n) is 8.35. The molecule has 1 saturated heterocycles. The fourth-order valence-electron chi connectivity index (χ4n) is 4.38. The first kappa shape index (κ1) is 17.3. The normalized spacial score (nSPS) is 28.8. The third kappa shape index (κ3) is 3.04. The number of carboxylic acid groups (broad SMARTS) is 1. The van der Waals surface area contributed by atoms with Gasteiger partial charge in [-0.05, 0) is 42.4 Å². The van der Waals surface area contributed by atoms with E-state index in [4.69, 9.17) is 0 Å². The van der Waals surface area contributed by atoms with Crippen LogP contribution in [0.1, 0.15) is 43.2 Å². The number of alkyl halides is 3. The van der Waals surface area contributed by atoms with Gasteiger partial charge in [0.15, 0.2) is 0 Å². The molecule has 6 heteroatoms. The summed E-state index contributed by atoms with van der Waals surface area (Å²) in [6.45, 7) is 3.98. The van der Waals surface area contributed by atoms with E-state index in [-0.39, 0.29) is 11.8 Å². The molecule has 1 saturated carbocycles. The van der Waals surface area contributed by atoms with Crippen molar-refractivity contribution < 1.29 is 23.1 Å². The lowest BCUT2D eigenvalue weighted by Crippen LogP contribution is -2.36. The zero-order valence-corrected chi connectivity index (χ0v) is 13.6. The molecule has 3 rings (SSSR count). The lowest BCUT2D eigenvalue weighted by atomic mass is 9.81. The predicted octanol–water partition coefficient (Wildman–Crippen LogP) is 4.00. The van der Waals surface area contributed by atoms with Gasteiger partial charge in [-0.1, -0.05) is 25.5 Å². The molecule has 0 amide bonds. The summed E-state index contributed by atoms with van der Waals surface area (Å²) in [5.74, 6) is -0.429. The van der Waals surface area contributed by atoms with Gasteiger partial charge in [-0.3, -0.25) is 4.79 Å². The summed E-state index contributed by atoms with van der Waals surface area (Å²) in [6, 6.07) is 5.28. The predicted molar refractivity (Wildman–Crippen MR) is 83.7 cm³/mol. The summed E-state index contributed by atoms with van der Waals surface area (Å²) < 4.78 is 37.9. The fourth-order valence-corrected chi connectivity index (χ4v) is 4.38. The number of aliphatic carboxylic acids is 1. The maximum Gasteiger partial charge on any atom is 0.416 e. The summed E-state index contributed by atoms with van der Waals surface area (Å²) in [4.78, 5) is 13.9. The van der Waals surface area contributed by atoms with Crippen LogP contribution in [-0.2, 0) is 11.0 Å². The second-order valence-electron chi connectivity index (χ2n) is 7.27. The van der Waals surface area contributed by atoms with E-state index in [1.165, 1.54) is 12.1 Å². The molecule has 132 valence electrons. The van der Waals surface area contributed by atoms with Crippen LogP contribution >= 0.6 is 0 Å². The fraction of sp³-hybridized carbons (Fsp3) is 0.611. The largest absolute Gasteiger partial charge is 0.481 e. The average molecular weight is 341 g/mol. The molecule has 3 atom stereocenters. The van der Waals surface area contributed by atoms with Crippen molar-refractivity contribution in [2.24, 2.45) is 11.3 Å². The van der Waals surface area contributed by atoms with Crippen molar-refractivity contribution in [2.75, 3.05) is 19.6 Å². The second kappa shape index (κ2) is 6.06. The van der Waals surface area contributed by atoms with Crippen LogP contribution in [0.5, 0.6) is 0 Å². The van der Waals surface area contributed by atoms with Crippen molar-refractivity contribution in [3.63, 3.8) is 0 Å². The number of likely N-dealkylation sites (tertiary alicyclic amines) is 1. The Morgan fingerprint density at radius 1 is 1.38 bits per heavy atom. The average Bonchev–Trinajstić information content (AvgIpc) is 3.04. The minimum atomic E-state index is -4.32. The SMILES string of the molecule is CC(CN1C[C@@H]2CCC[C@@]2(C(=O)O)C1)c1ccc(C(F)(F)F)cc1. The van der Waals surface area contributed by atoms with Gasteiger partial charge < -0.3 is 10.0 Å². The van der Waals surface area contributed by atoms with Crippen molar-refractivity contribution in [2.45, 2.75) is 38.3 Å². The van der Waals surface area contributed by atoms with Crippen LogP contribution in [0, 0.1) is 11.3 Å². The number of fused-ring (bicyclic) bond motifs is 1. The molecule has 2 fully saturated rings. The minimum absolute atomic E-state index is 0.0666. The summed E-state index contributed by atoms with van der Waals surface area (Å²) in [7, 11) is 0. The Kier molecular flexibility index (Phi) is 4.36. The number of hydrogen-bond donors (Lipinski definition) is 1. The lowest BCUT2D eigenvalue weighted by Gasteiger charge is -2.25. The number of nitrogens with zero attached hydrogens (tertiary/aromatic N) is 1. The zero-order valence-electron chi connectivity index (χ0n) is 13.6. The first-order chi connectivity index (χ1) is 11.2. The van der Waals surface area contributed by atoms with E-state index in [1.807, 2.05) is 6.92 Å². The Morgan fingerprint density at radius 2 is 2.04 bits per heavy atom. The van der Waals surface area contributed by atoms with Crippen LogP contribution in [0.15, 0.2) is 24.3 Å². The molecule has 1 unspecified atom stereocenters. The molecule has 1 aromatic carbocycles. The maximum atomic E-state index is 12.6. The summed E-state index contributed by atoms with van der Waals surface area (Å²) in [5.41, 5.74) is -0.400. The molecule has 1 N–H and O–H groups in total. The third-order valence-corrected chi connectivity index (χ3v) is 5.71. The third-order valence-electron chi connectivity index (χ3n) is 5.71. The monoisotopic (exact) mass is 341 g/mol. The maximum absolute atomic E-state index is 12.6. The van der Waals surface area contributed by atoms with Gasteiger partial charge >= 0.3 is 12.1 Å². The van der Waals surface area contributed by atoms with Crippen molar-refractivity contribution >= 4 is 5.97 Å². The highest BCUT2D eigenvalue weighted by Gasteiger charge is 2.54. The number of rotatable bonds is 4. The van der Waals surface area contributed by atoms with Crippen LogP contribution in [-0.4, -0.2) is 35.6 Å².